The first-order valence-electron chi connectivity index (χ1n) is 5.95. The number of phenols is 1. The topological polar surface area (TPSA) is 49.3 Å². The molecule has 3 nitrogen and oxygen atoms in total. The van der Waals surface area contributed by atoms with Crippen LogP contribution < -0.4 is 5.32 Å². The Morgan fingerprint density at radius 3 is 2.60 bits per heavy atom. The summed E-state index contributed by atoms with van der Waals surface area (Å²) in [6.45, 7) is 3.62. The molecule has 0 fully saturated rings. The molecule has 0 saturated carbocycles. The standard InChI is InChI=1S/C15H13ClINO2/c1-8-6-14(19)9(2)5-13(8)18-15(20)11-7-10(16)3-4-12(11)17/h3-7,19H,1-2H3,(H,18,20). The van der Waals surface area contributed by atoms with Gasteiger partial charge in [0.05, 0.1) is 5.56 Å². The Morgan fingerprint density at radius 1 is 1.20 bits per heavy atom. The maximum Gasteiger partial charge on any atom is 0.256 e. The predicted octanol–water partition coefficient (Wildman–Crippen LogP) is 4.52. The zero-order chi connectivity index (χ0) is 14.9. The van der Waals surface area contributed by atoms with Crippen molar-refractivity contribution >= 4 is 45.8 Å². The summed E-state index contributed by atoms with van der Waals surface area (Å²) in [5, 5.41) is 13.0. The molecule has 2 aromatic rings. The molecule has 0 heterocycles. The predicted molar refractivity (Wildman–Crippen MR) is 89.7 cm³/mol. The molecule has 0 radical (unpaired) electrons. The van der Waals surface area contributed by atoms with Crippen LogP contribution in [0.15, 0.2) is 30.3 Å². The summed E-state index contributed by atoms with van der Waals surface area (Å²) < 4.78 is 0.831. The molecule has 0 atom stereocenters. The van der Waals surface area contributed by atoms with Gasteiger partial charge in [-0.3, -0.25) is 4.79 Å². The second-order valence-corrected chi connectivity index (χ2v) is 6.13. The molecule has 0 aliphatic rings. The van der Waals surface area contributed by atoms with E-state index >= 15 is 0 Å². The Hall–Kier alpha value is -1.27. The van der Waals surface area contributed by atoms with Crippen LogP contribution in [0, 0.1) is 17.4 Å². The molecule has 1 amide bonds. The summed E-state index contributed by atoms with van der Waals surface area (Å²) in [7, 11) is 0. The lowest BCUT2D eigenvalue weighted by molar-refractivity contribution is 0.102. The average molecular weight is 402 g/mol. The van der Waals surface area contributed by atoms with Crippen molar-refractivity contribution in [2.45, 2.75) is 13.8 Å². The fourth-order valence-corrected chi connectivity index (χ4v) is 2.55. The number of benzene rings is 2. The van der Waals surface area contributed by atoms with Crippen molar-refractivity contribution in [2.24, 2.45) is 0 Å². The Kier molecular flexibility index (Phi) is 4.55. The third kappa shape index (κ3) is 3.24. The lowest BCUT2D eigenvalue weighted by Gasteiger charge is -2.11. The third-order valence-corrected chi connectivity index (χ3v) is 4.14. The first-order chi connectivity index (χ1) is 9.38. The highest BCUT2D eigenvalue weighted by Gasteiger charge is 2.13. The lowest BCUT2D eigenvalue weighted by atomic mass is 10.1. The zero-order valence-corrected chi connectivity index (χ0v) is 13.9. The van der Waals surface area contributed by atoms with E-state index < -0.39 is 0 Å². The van der Waals surface area contributed by atoms with Gasteiger partial charge in [-0.15, -0.1) is 0 Å². The van der Waals surface area contributed by atoms with Crippen LogP contribution in [0.25, 0.3) is 0 Å². The molecule has 2 rings (SSSR count). The largest absolute Gasteiger partial charge is 0.508 e. The molecule has 104 valence electrons. The van der Waals surface area contributed by atoms with E-state index in [9.17, 15) is 9.90 Å². The Labute approximate surface area is 136 Å². The van der Waals surface area contributed by atoms with Crippen molar-refractivity contribution in [2.75, 3.05) is 5.32 Å². The van der Waals surface area contributed by atoms with Crippen LogP contribution in [-0.4, -0.2) is 11.0 Å². The summed E-state index contributed by atoms with van der Waals surface area (Å²) in [6, 6.07) is 8.57. The Balaban J connectivity index is 2.32. The van der Waals surface area contributed by atoms with Gasteiger partial charge in [0.15, 0.2) is 0 Å². The minimum atomic E-state index is -0.218. The van der Waals surface area contributed by atoms with Crippen molar-refractivity contribution in [3.05, 3.63) is 55.6 Å². The highest BCUT2D eigenvalue weighted by atomic mass is 127. The molecule has 0 saturated heterocycles. The van der Waals surface area contributed by atoms with Crippen molar-refractivity contribution < 1.29 is 9.90 Å². The van der Waals surface area contributed by atoms with Crippen LogP contribution >= 0.6 is 34.2 Å². The molecule has 5 heteroatoms. The third-order valence-electron chi connectivity index (χ3n) is 2.96. The number of aromatic hydroxyl groups is 1. The van der Waals surface area contributed by atoms with E-state index in [2.05, 4.69) is 27.9 Å². The lowest BCUT2D eigenvalue weighted by Crippen LogP contribution is -2.14. The summed E-state index contributed by atoms with van der Waals surface area (Å²) >= 11 is 8.02. The number of hydrogen-bond acceptors (Lipinski definition) is 2. The molecule has 20 heavy (non-hydrogen) atoms. The normalized spacial score (nSPS) is 10.4. The van der Waals surface area contributed by atoms with E-state index in [1.165, 1.54) is 0 Å². The zero-order valence-electron chi connectivity index (χ0n) is 11.0. The van der Waals surface area contributed by atoms with Gasteiger partial charge in [-0.1, -0.05) is 11.6 Å². The molecule has 2 aromatic carbocycles. The molecular formula is C15H13ClINO2. The second-order valence-electron chi connectivity index (χ2n) is 4.53. The number of hydrogen-bond donors (Lipinski definition) is 2. The molecule has 0 spiro atoms. The van der Waals surface area contributed by atoms with Gasteiger partial charge in [0.1, 0.15) is 5.75 Å². The quantitative estimate of drug-likeness (QED) is 0.574. The first-order valence-corrected chi connectivity index (χ1v) is 7.41. The fourth-order valence-electron chi connectivity index (χ4n) is 1.80. The van der Waals surface area contributed by atoms with Gasteiger partial charge in [0, 0.05) is 14.3 Å². The van der Waals surface area contributed by atoms with Crippen LogP contribution in [0.5, 0.6) is 5.75 Å². The van der Waals surface area contributed by atoms with Gasteiger partial charge in [0.25, 0.3) is 5.91 Å². The Morgan fingerprint density at radius 2 is 1.90 bits per heavy atom. The van der Waals surface area contributed by atoms with Gasteiger partial charge in [-0.05, 0) is 77.9 Å². The highest BCUT2D eigenvalue weighted by Crippen LogP contribution is 2.26. The van der Waals surface area contributed by atoms with Crippen LogP contribution in [0.3, 0.4) is 0 Å². The van der Waals surface area contributed by atoms with Crippen LogP contribution in [0.2, 0.25) is 5.02 Å². The number of carbonyl (C=O) groups excluding carboxylic acids is 1. The van der Waals surface area contributed by atoms with Crippen molar-refractivity contribution in [1.29, 1.82) is 0 Å². The van der Waals surface area contributed by atoms with Crippen molar-refractivity contribution in [1.82, 2.24) is 0 Å². The minimum absolute atomic E-state index is 0.218. The molecule has 0 aromatic heterocycles. The van der Waals surface area contributed by atoms with E-state index in [1.54, 1.807) is 37.3 Å². The number of anilines is 1. The summed E-state index contributed by atoms with van der Waals surface area (Å²) in [5.74, 6) is 0.00271. The molecule has 0 bridgehead atoms. The van der Waals surface area contributed by atoms with Gasteiger partial charge in [-0.2, -0.15) is 0 Å². The average Bonchev–Trinajstić information content (AvgIpc) is 2.38. The number of rotatable bonds is 2. The number of nitrogens with one attached hydrogen (secondary N) is 1. The van der Waals surface area contributed by atoms with E-state index in [-0.39, 0.29) is 11.7 Å². The second kappa shape index (κ2) is 6.01. The van der Waals surface area contributed by atoms with Gasteiger partial charge in [-0.25, -0.2) is 0 Å². The number of aryl methyl sites for hydroxylation is 2. The smallest absolute Gasteiger partial charge is 0.256 e. The van der Waals surface area contributed by atoms with Gasteiger partial charge in [0.2, 0.25) is 0 Å². The summed E-state index contributed by atoms with van der Waals surface area (Å²) in [4.78, 5) is 12.3. The van der Waals surface area contributed by atoms with Crippen LogP contribution in [0.1, 0.15) is 21.5 Å². The summed E-state index contributed by atoms with van der Waals surface area (Å²) in [5.41, 5.74) is 2.73. The molecule has 2 N–H and O–H groups in total. The van der Waals surface area contributed by atoms with Gasteiger partial charge < -0.3 is 10.4 Å². The highest BCUT2D eigenvalue weighted by molar-refractivity contribution is 14.1. The number of carbonyl (C=O) groups is 1. The van der Waals surface area contributed by atoms with E-state index in [0.29, 0.717) is 21.8 Å². The van der Waals surface area contributed by atoms with E-state index in [1.807, 2.05) is 6.92 Å². The minimum Gasteiger partial charge on any atom is -0.508 e. The SMILES string of the molecule is Cc1cc(NC(=O)c2cc(Cl)ccc2I)c(C)cc1O. The van der Waals surface area contributed by atoms with E-state index in [4.69, 9.17) is 11.6 Å². The van der Waals surface area contributed by atoms with Crippen molar-refractivity contribution in [3.8, 4) is 5.75 Å². The van der Waals surface area contributed by atoms with E-state index in [0.717, 1.165) is 9.13 Å². The maximum absolute atomic E-state index is 12.3. The first kappa shape index (κ1) is 15.1. The maximum atomic E-state index is 12.3. The summed E-state index contributed by atoms with van der Waals surface area (Å²) in [6.07, 6.45) is 0. The fraction of sp³-hybridized carbons (Fsp3) is 0.133. The monoisotopic (exact) mass is 401 g/mol. The number of amides is 1. The van der Waals surface area contributed by atoms with Crippen LogP contribution in [-0.2, 0) is 0 Å². The van der Waals surface area contributed by atoms with Crippen LogP contribution in [0.4, 0.5) is 5.69 Å². The number of halogens is 2. The molecule has 0 unspecified atom stereocenters. The molecule has 0 aliphatic heterocycles. The molecule has 0 aliphatic carbocycles. The van der Waals surface area contributed by atoms with Gasteiger partial charge >= 0.3 is 0 Å². The molecular weight excluding hydrogens is 389 g/mol. The van der Waals surface area contributed by atoms with Crippen molar-refractivity contribution in [3.63, 3.8) is 0 Å². The Bertz CT molecular complexity index is 686. The number of phenolic OH excluding ortho intramolecular Hbond substituents is 1.